The number of amides is 2. The highest BCUT2D eigenvalue weighted by Crippen LogP contribution is 2.45. The summed E-state index contributed by atoms with van der Waals surface area (Å²) in [5.41, 5.74) is 9.35. The largest absolute Gasteiger partial charge is 0.507 e. The monoisotopic (exact) mass is 1170 g/mol. The van der Waals surface area contributed by atoms with Crippen LogP contribution in [0.4, 0.5) is 11.4 Å². The third-order valence-corrected chi connectivity index (χ3v) is 17.2. The van der Waals surface area contributed by atoms with E-state index < -0.39 is 46.7 Å². The molecular weight excluding hydrogens is 1100 g/mol. The summed E-state index contributed by atoms with van der Waals surface area (Å²) in [5.74, 6) is -1.66. The van der Waals surface area contributed by atoms with E-state index in [9.17, 15) is 39.0 Å². The van der Waals surface area contributed by atoms with Crippen LogP contribution in [0.1, 0.15) is 214 Å². The summed E-state index contributed by atoms with van der Waals surface area (Å²) in [7, 11) is 0. The van der Waals surface area contributed by atoms with Gasteiger partial charge in [0.1, 0.15) is 23.0 Å². The number of benzene rings is 8. The standard InChI is InChI=1S/C76H74N2O10/c1-73(2,3)49-31-41-27-45-35-51(75(7,8)9)37-47(71(45)87-39-61(79)77-59-25-17-23-57-63(59)69(85)55-21-15-13-19-53(55)67(57)83)29-43-33-50(74(4,5)6)34-44(66(43)82)30-48-38-52(76(10,11)12)36-46(28-42(32-49)65(41)81)72(48)88-40-62(80)78-60-26-18-24-58-64(60)70(86)56-22-16-14-20-54(56)68(58)84/h13-26,31-38,81-82H,27-30,39-40H2,1-12H3,(H,77,79)(H,78,80). The molecular formula is C76H74N2O10. The fourth-order valence-electron chi connectivity index (χ4n) is 12.2. The van der Waals surface area contributed by atoms with Crippen LogP contribution in [0.2, 0.25) is 0 Å². The molecule has 0 atom stereocenters. The summed E-state index contributed by atoms with van der Waals surface area (Å²) in [6.07, 6.45) is 0.602. The molecule has 12 heteroatoms. The molecule has 0 saturated heterocycles. The molecule has 0 heterocycles. The maximum Gasteiger partial charge on any atom is 0.262 e. The highest BCUT2D eigenvalue weighted by atomic mass is 16.5. The Bertz CT molecular complexity index is 3920. The van der Waals surface area contributed by atoms with Gasteiger partial charge in [-0.05, 0) is 101 Å². The molecule has 4 N–H and O–H groups in total. The number of aromatic hydroxyl groups is 2. The van der Waals surface area contributed by atoms with Crippen molar-refractivity contribution < 1.29 is 48.5 Å². The van der Waals surface area contributed by atoms with Crippen molar-refractivity contribution in [2.75, 3.05) is 23.8 Å². The zero-order valence-electron chi connectivity index (χ0n) is 52.1. The lowest BCUT2D eigenvalue weighted by atomic mass is 9.79. The molecule has 0 spiro atoms. The molecule has 8 aromatic rings. The maximum absolute atomic E-state index is 14.4. The molecule has 448 valence electrons. The number of ether oxygens (including phenoxy) is 2. The van der Waals surface area contributed by atoms with Gasteiger partial charge in [-0.1, -0.05) is 204 Å². The minimum Gasteiger partial charge on any atom is -0.507 e. The lowest BCUT2D eigenvalue weighted by Crippen LogP contribution is -2.26. The topological polar surface area (TPSA) is 185 Å². The number of carbonyl (C=O) groups excluding carboxylic acids is 6. The van der Waals surface area contributed by atoms with Gasteiger partial charge in [0, 0.05) is 59.1 Å². The first-order valence-electron chi connectivity index (χ1n) is 30.0. The molecule has 0 unspecified atom stereocenters. The van der Waals surface area contributed by atoms with Gasteiger partial charge in [-0.25, -0.2) is 0 Å². The van der Waals surface area contributed by atoms with E-state index in [1.165, 1.54) is 0 Å². The van der Waals surface area contributed by atoms with Crippen LogP contribution in [0, 0.1) is 0 Å². The molecule has 88 heavy (non-hydrogen) atoms. The lowest BCUT2D eigenvalue weighted by molar-refractivity contribution is -0.118. The van der Waals surface area contributed by atoms with Gasteiger partial charge >= 0.3 is 0 Å². The van der Waals surface area contributed by atoms with E-state index in [0.29, 0.717) is 67.1 Å². The second kappa shape index (κ2) is 22.4. The number of phenols is 2. The number of phenolic OH excluding ortho intramolecular Hbond substituents is 2. The Morgan fingerprint density at radius 1 is 0.364 bits per heavy atom. The van der Waals surface area contributed by atoms with E-state index in [-0.39, 0.29) is 105 Å². The van der Waals surface area contributed by atoms with Crippen molar-refractivity contribution in [2.24, 2.45) is 0 Å². The van der Waals surface area contributed by atoms with Gasteiger partial charge in [0.25, 0.3) is 11.8 Å². The van der Waals surface area contributed by atoms with Crippen molar-refractivity contribution >= 4 is 46.3 Å². The molecule has 0 radical (unpaired) electrons. The van der Waals surface area contributed by atoms with Gasteiger partial charge in [0.2, 0.25) is 0 Å². The summed E-state index contributed by atoms with van der Waals surface area (Å²) in [6.45, 7) is 24.4. The number of ketones is 4. The molecule has 12 nitrogen and oxygen atoms in total. The zero-order valence-corrected chi connectivity index (χ0v) is 52.1. The van der Waals surface area contributed by atoms with Gasteiger partial charge < -0.3 is 30.3 Å². The van der Waals surface area contributed by atoms with Gasteiger partial charge in [-0.3, -0.25) is 28.8 Å². The Balaban J connectivity index is 1.04. The number of fused-ring (bicyclic) bond motifs is 12. The van der Waals surface area contributed by atoms with Crippen LogP contribution in [0.15, 0.2) is 133 Å². The fourth-order valence-corrected chi connectivity index (χ4v) is 12.2. The summed E-state index contributed by atoms with van der Waals surface area (Å²) < 4.78 is 13.6. The van der Waals surface area contributed by atoms with Crippen molar-refractivity contribution in [3.63, 3.8) is 0 Å². The van der Waals surface area contributed by atoms with Gasteiger partial charge in [-0.2, -0.15) is 0 Å². The third kappa shape index (κ3) is 11.6. The van der Waals surface area contributed by atoms with Crippen LogP contribution >= 0.6 is 0 Å². The molecule has 2 amide bonds. The average Bonchev–Trinajstić information content (AvgIpc) is 0.848. The van der Waals surface area contributed by atoms with Crippen molar-refractivity contribution in [3.05, 3.63) is 245 Å². The Morgan fingerprint density at radius 2 is 0.614 bits per heavy atom. The Labute approximate surface area is 514 Å². The van der Waals surface area contributed by atoms with E-state index in [0.717, 1.165) is 22.3 Å². The number of anilines is 2. The van der Waals surface area contributed by atoms with E-state index >= 15 is 0 Å². The predicted molar refractivity (Wildman–Crippen MR) is 343 cm³/mol. The van der Waals surface area contributed by atoms with Crippen LogP contribution in [-0.2, 0) is 56.9 Å². The average molecular weight is 1180 g/mol. The first-order chi connectivity index (χ1) is 41.4. The van der Waals surface area contributed by atoms with E-state index in [1.807, 2.05) is 24.3 Å². The highest BCUT2D eigenvalue weighted by Gasteiger charge is 2.35. The first-order valence-corrected chi connectivity index (χ1v) is 30.0. The normalized spacial score (nSPS) is 13.9. The number of hydrogen-bond acceptors (Lipinski definition) is 10. The van der Waals surface area contributed by atoms with Crippen molar-refractivity contribution in [3.8, 4) is 23.0 Å². The van der Waals surface area contributed by atoms with E-state index in [1.54, 1.807) is 84.9 Å². The number of hydrogen-bond donors (Lipinski definition) is 4. The molecule has 3 aliphatic carbocycles. The lowest BCUT2D eigenvalue weighted by Gasteiger charge is -2.28. The Kier molecular flexibility index (Phi) is 15.3. The summed E-state index contributed by atoms with van der Waals surface area (Å²) in [6, 6.07) is 39.2. The molecule has 0 aliphatic heterocycles. The molecule has 8 aromatic carbocycles. The third-order valence-electron chi connectivity index (χ3n) is 17.2. The van der Waals surface area contributed by atoms with Crippen LogP contribution in [-0.4, -0.2) is 58.4 Å². The molecule has 11 rings (SSSR count). The molecule has 0 fully saturated rings. The Morgan fingerprint density at radius 3 is 0.886 bits per heavy atom. The minimum atomic E-state index is -0.575. The predicted octanol–water partition coefficient (Wildman–Crippen LogP) is 14.6. The first kappa shape index (κ1) is 60.3. The molecule has 8 bridgehead atoms. The molecule has 0 saturated carbocycles. The quantitative estimate of drug-likeness (QED) is 0.114. The van der Waals surface area contributed by atoms with E-state index in [4.69, 9.17) is 9.47 Å². The number of rotatable bonds is 8. The second-order valence-corrected chi connectivity index (χ2v) is 27.8. The zero-order chi connectivity index (χ0) is 63.1. The molecule has 3 aliphatic rings. The smallest absolute Gasteiger partial charge is 0.262 e. The fraction of sp³-hybridized carbons (Fsp3) is 0.289. The van der Waals surface area contributed by atoms with Gasteiger partial charge in [-0.15, -0.1) is 0 Å². The van der Waals surface area contributed by atoms with Crippen LogP contribution in [0.25, 0.3) is 0 Å². The second-order valence-electron chi connectivity index (χ2n) is 27.8. The minimum absolute atomic E-state index is 0.0415. The summed E-state index contributed by atoms with van der Waals surface area (Å²) in [4.78, 5) is 84.2. The maximum atomic E-state index is 14.4. The van der Waals surface area contributed by atoms with Crippen LogP contribution in [0.5, 0.6) is 23.0 Å². The van der Waals surface area contributed by atoms with Crippen molar-refractivity contribution in [1.82, 2.24) is 0 Å². The highest BCUT2D eigenvalue weighted by molar-refractivity contribution is 6.31. The number of nitrogens with one attached hydrogen (secondary N) is 2. The number of carbonyl (C=O) groups is 6. The van der Waals surface area contributed by atoms with E-state index in [2.05, 4.69) is 118 Å². The van der Waals surface area contributed by atoms with Crippen LogP contribution < -0.4 is 20.1 Å². The van der Waals surface area contributed by atoms with Gasteiger partial charge in [0.05, 0.1) is 22.5 Å². The van der Waals surface area contributed by atoms with Gasteiger partial charge in [0.15, 0.2) is 36.3 Å². The SMILES string of the molecule is CC(C)(C)c1cc2c(O)c(c1)Cc1cc(C(C)(C)C)cc(c1OCC(=O)Nc1cccc3c1C(=O)c1ccccc1C3=O)Cc1cc(C(C)(C)C)cc(c1O)Cc1cc(C(C)(C)C)cc(c1OCC(=O)Nc1cccc3c1C(=O)c1ccccc1C3=O)C2. The van der Waals surface area contributed by atoms with Crippen molar-refractivity contribution in [1.29, 1.82) is 0 Å². The summed E-state index contributed by atoms with van der Waals surface area (Å²) in [5, 5.41) is 31.6. The summed E-state index contributed by atoms with van der Waals surface area (Å²) >= 11 is 0. The molecule has 0 aromatic heterocycles. The van der Waals surface area contributed by atoms with Crippen molar-refractivity contribution in [2.45, 2.75) is 130 Å². The Hall–Kier alpha value is -9.42. The van der Waals surface area contributed by atoms with Crippen LogP contribution in [0.3, 0.4) is 0 Å².